The highest BCUT2D eigenvalue weighted by atomic mass is 35.5. The van der Waals surface area contributed by atoms with Crippen molar-refractivity contribution >= 4 is 39.2 Å². The topological polar surface area (TPSA) is 73.5 Å². The summed E-state index contributed by atoms with van der Waals surface area (Å²) < 4.78 is 22.5. The van der Waals surface area contributed by atoms with Gasteiger partial charge in [0.25, 0.3) is 5.56 Å². The molecule has 0 unspecified atom stereocenters. The molecule has 0 radical (unpaired) electrons. The first-order chi connectivity index (χ1) is 17.4. The van der Waals surface area contributed by atoms with Gasteiger partial charge in [-0.1, -0.05) is 48.0 Å². The largest absolute Gasteiger partial charge is 0.450 e. The van der Waals surface area contributed by atoms with Crippen molar-refractivity contribution in [2.24, 2.45) is 0 Å². The first-order valence-corrected chi connectivity index (χ1v) is 12.7. The van der Waals surface area contributed by atoms with E-state index in [4.69, 9.17) is 16.3 Å². The van der Waals surface area contributed by atoms with Crippen LogP contribution in [-0.4, -0.2) is 33.3 Å². The molecule has 4 aromatic rings. The number of carbonyl (C=O) groups excluding carboxylic acids is 1. The Morgan fingerprint density at radius 2 is 1.86 bits per heavy atom. The number of thiophene rings is 1. The first kappa shape index (κ1) is 24.3. The molecule has 10 heteroatoms. The van der Waals surface area contributed by atoms with Crippen molar-refractivity contribution in [1.82, 2.24) is 14.0 Å². The maximum Gasteiger partial charge on any atom is 0.410 e. The summed E-state index contributed by atoms with van der Waals surface area (Å²) in [7, 11) is 0. The molecule has 3 heterocycles. The zero-order valence-corrected chi connectivity index (χ0v) is 21.1. The summed E-state index contributed by atoms with van der Waals surface area (Å²) in [6.07, 6.45) is 0.0329. The van der Waals surface area contributed by atoms with E-state index in [0.29, 0.717) is 23.2 Å². The van der Waals surface area contributed by atoms with Crippen LogP contribution in [0.4, 0.5) is 9.18 Å². The van der Waals surface area contributed by atoms with E-state index < -0.39 is 23.2 Å². The maximum absolute atomic E-state index is 14.7. The smallest absolute Gasteiger partial charge is 0.410 e. The van der Waals surface area contributed by atoms with Crippen LogP contribution in [0, 0.1) is 5.82 Å². The number of nitrogens with zero attached hydrogens (tertiary/aromatic N) is 3. The molecule has 1 aliphatic heterocycles. The number of hydrogen-bond acceptors (Lipinski definition) is 5. The van der Waals surface area contributed by atoms with Crippen molar-refractivity contribution in [3.05, 3.63) is 102 Å². The van der Waals surface area contributed by atoms with Crippen molar-refractivity contribution in [1.29, 1.82) is 0 Å². The molecule has 36 heavy (non-hydrogen) atoms. The van der Waals surface area contributed by atoms with Crippen LogP contribution in [0.1, 0.15) is 28.5 Å². The molecule has 0 bridgehead atoms. The van der Waals surface area contributed by atoms with E-state index in [-0.39, 0.29) is 36.8 Å². The Morgan fingerprint density at radius 1 is 1.08 bits per heavy atom. The quantitative estimate of drug-likeness (QED) is 0.379. The molecule has 186 valence electrons. The summed E-state index contributed by atoms with van der Waals surface area (Å²) in [4.78, 5) is 42.5. The number of halogens is 2. The fourth-order valence-corrected chi connectivity index (χ4v) is 6.08. The summed E-state index contributed by atoms with van der Waals surface area (Å²) in [6, 6.07) is 13.6. The van der Waals surface area contributed by atoms with Gasteiger partial charge in [0.05, 0.1) is 31.6 Å². The Labute approximate surface area is 214 Å². The number of rotatable bonds is 5. The molecule has 0 aliphatic carbocycles. The Hall–Kier alpha value is -3.43. The fourth-order valence-electron chi connectivity index (χ4n) is 4.51. The normalized spacial score (nSPS) is 13.1. The van der Waals surface area contributed by atoms with Crippen LogP contribution in [0.3, 0.4) is 0 Å². The summed E-state index contributed by atoms with van der Waals surface area (Å²) in [6.45, 7) is 2.64. The number of ether oxygens (including phenoxy) is 1. The average Bonchev–Trinajstić information content (AvgIpc) is 3.25. The van der Waals surface area contributed by atoms with Crippen LogP contribution in [0.15, 0.2) is 58.1 Å². The zero-order chi connectivity index (χ0) is 25.4. The SMILES string of the molecule is CCOC(=O)N1CCc2c(sc3c2c(=O)n(Cc2ccccc2)c(=O)n3Cc2c(F)cccc2Cl)C1. The van der Waals surface area contributed by atoms with Crippen LogP contribution in [0.25, 0.3) is 10.2 Å². The van der Waals surface area contributed by atoms with Gasteiger partial charge in [0, 0.05) is 22.0 Å². The molecule has 5 rings (SSSR count). The lowest BCUT2D eigenvalue weighted by atomic mass is 10.1. The number of fused-ring (bicyclic) bond motifs is 3. The van der Waals surface area contributed by atoms with E-state index in [1.54, 1.807) is 17.9 Å². The van der Waals surface area contributed by atoms with Crippen LogP contribution in [0.2, 0.25) is 5.02 Å². The van der Waals surface area contributed by atoms with Crippen molar-refractivity contribution in [3.8, 4) is 0 Å². The molecule has 7 nitrogen and oxygen atoms in total. The Bertz CT molecular complexity index is 1560. The molecule has 1 amide bonds. The second-order valence-electron chi connectivity index (χ2n) is 8.50. The van der Waals surface area contributed by atoms with E-state index >= 15 is 0 Å². The highest BCUT2D eigenvalue weighted by molar-refractivity contribution is 7.18. The highest BCUT2D eigenvalue weighted by Crippen LogP contribution is 2.34. The Balaban J connectivity index is 1.71. The van der Waals surface area contributed by atoms with Gasteiger partial charge in [-0.25, -0.2) is 14.0 Å². The van der Waals surface area contributed by atoms with Gasteiger partial charge in [0.15, 0.2) is 0 Å². The maximum atomic E-state index is 14.7. The zero-order valence-electron chi connectivity index (χ0n) is 19.5. The summed E-state index contributed by atoms with van der Waals surface area (Å²) >= 11 is 7.56. The number of amides is 1. The molecular weight excluding hydrogens is 505 g/mol. The molecular formula is C26H23ClFN3O4S. The summed E-state index contributed by atoms with van der Waals surface area (Å²) in [5.74, 6) is -0.529. The molecule has 0 spiro atoms. The lowest BCUT2D eigenvalue weighted by molar-refractivity contribution is 0.103. The molecule has 0 atom stereocenters. The lowest BCUT2D eigenvalue weighted by Crippen LogP contribution is -2.41. The molecule has 2 aromatic carbocycles. The van der Waals surface area contributed by atoms with Crippen molar-refractivity contribution in [3.63, 3.8) is 0 Å². The molecule has 0 N–H and O–H groups in total. The van der Waals surface area contributed by atoms with Crippen molar-refractivity contribution in [2.45, 2.75) is 33.0 Å². The van der Waals surface area contributed by atoms with E-state index in [2.05, 4.69) is 0 Å². The number of hydrogen-bond donors (Lipinski definition) is 0. The second kappa shape index (κ2) is 9.91. The fraction of sp³-hybridized carbons (Fsp3) is 0.269. The van der Waals surface area contributed by atoms with E-state index in [0.717, 1.165) is 16.0 Å². The summed E-state index contributed by atoms with van der Waals surface area (Å²) in [5.41, 5.74) is 0.847. The van der Waals surface area contributed by atoms with Gasteiger partial charge in [-0.3, -0.25) is 13.9 Å². The summed E-state index contributed by atoms with van der Waals surface area (Å²) in [5, 5.41) is 0.632. The van der Waals surface area contributed by atoms with Crippen LogP contribution in [-0.2, 0) is 30.8 Å². The van der Waals surface area contributed by atoms with Gasteiger partial charge in [-0.15, -0.1) is 11.3 Å². The number of aromatic nitrogens is 2. The third-order valence-electron chi connectivity index (χ3n) is 6.29. The molecule has 2 aromatic heterocycles. The number of carbonyl (C=O) groups is 1. The minimum atomic E-state index is -0.545. The third-order valence-corrected chi connectivity index (χ3v) is 7.89. The Kier molecular flexibility index (Phi) is 6.68. The van der Waals surface area contributed by atoms with Crippen LogP contribution in [0.5, 0.6) is 0 Å². The van der Waals surface area contributed by atoms with Crippen LogP contribution < -0.4 is 11.2 Å². The average molecular weight is 528 g/mol. The van der Waals surface area contributed by atoms with E-state index in [1.807, 2.05) is 30.3 Å². The first-order valence-electron chi connectivity index (χ1n) is 11.6. The molecule has 1 aliphatic rings. The van der Waals surface area contributed by atoms with Crippen LogP contribution >= 0.6 is 22.9 Å². The minimum absolute atomic E-state index is 0.0824. The molecule has 0 saturated heterocycles. The van der Waals surface area contributed by atoms with Gasteiger partial charge in [0.1, 0.15) is 10.6 Å². The predicted molar refractivity (Wildman–Crippen MR) is 138 cm³/mol. The standard InChI is InChI=1S/C26H23ClFN3O4S/c1-2-35-26(34)29-12-11-17-21(15-29)36-24-22(17)23(32)30(13-16-7-4-3-5-8-16)25(33)31(24)14-18-19(27)9-6-10-20(18)28/h3-10H,2,11-15H2,1H3. The van der Waals surface area contributed by atoms with Gasteiger partial charge in [-0.05, 0) is 36.6 Å². The van der Waals surface area contributed by atoms with Gasteiger partial charge in [0.2, 0.25) is 0 Å². The van der Waals surface area contributed by atoms with Gasteiger partial charge >= 0.3 is 11.8 Å². The molecule has 0 fully saturated rings. The number of benzene rings is 2. The Morgan fingerprint density at radius 3 is 2.58 bits per heavy atom. The van der Waals surface area contributed by atoms with Gasteiger partial charge < -0.3 is 9.64 Å². The molecule has 0 saturated carbocycles. The highest BCUT2D eigenvalue weighted by Gasteiger charge is 2.29. The van der Waals surface area contributed by atoms with E-state index in [9.17, 15) is 18.8 Å². The predicted octanol–water partition coefficient (Wildman–Crippen LogP) is 4.63. The van der Waals surface area contributed by atoms with E-state index in [1.165, 1.54) is 32.6 Å². The van der Waals surface area contributed by atoms with Crippen molar-refractivity contribution < 1.29 is 13.9 Å². The third kappa shape index (κ3) is 4.33. The lowest BCUT2D eigenvalue weighted by Gasteiger charge is -2.25. The second-order valence-corrected chi connectivity index (χ2v) is 9.99. The minimum Gasteiger partial charge on any atom is -0.450 e. The monoisotopic (exact) mass is 527 g/mol. The van der Waals surface area contributed by atoms with Crippen molar-refractivity contribution in [2.75, 3.05) is 13.2 Å². The van der Waals surface area contributed by atoms with Gasteiger partial charge in [-0.2, -0.15) is 0 Å².